The number of rotatable bonds is 7. The summed E-state index contributed by atoms with van der Waals surface area (Å²) in [5.41, 5.74) is 0.973. The van der Waals surface area contributed by atoms with Gasteiger partial charge in [-0.2, -0.15) is 0 Å². The van der Waals surface area contributed by atoms with Crippen molar-refractivity contribution in [2.75, 3.05) is 38.5 Å². The number of thiophene rings is 1. The highest BCUT2D eigenvalue weighted by Gasteiger charge is 2.31. The van der Waals surface area contributed by atoms with Crippen molar-refractivity contribution in [1.82, 2.24) is 9.80 Å². The van der Waals surface area contributed by atoms with Crippen molar-refractivity contribution < 1.29 is 23.1 Å². The zero-order valence-electron chi connectivity index (χ0n) is 18.8. The lowest BCUT2D eigenvalue weighted by atomic mass is 10.0. The first-order valence-electron chi connectivity index (χ1n) is 10.5. The summed E-state index contributed by atoms with van der Waals surface area (Å²) in [6, 6.07) is 7.92. The number of carbonyl (C=O) groups excluding carboxylic acids is 1. The van der Waals surface area contributed by atoms with Gasteiger partial charge in [0.25, 0.3) is 10.0 Å². The molecule has 2 heterocycles. The number of amides is 1. The number of benzene rings is 1. The molecule has 32 heavy (non-hydrogen) atoms. The molecule has 1 aromatic heterocycles. The third kappa shape index (κ3) is 5.80. The second-order valence-corrected chi connectivity index (χ2v) is 11.4. The smallest absolute Gasteiger partial charge is 0.271 e. The van der Waals surface area contributed by atoms with Gasteiger partial charge in [0, 0.05) is 30.3 Å². The number of ether oxygens (including phenoxy) is 1. The molecule has 2 aromatic rings. The Bertz CT molecular complexity index is 1020. The largest absolute Gasteiger partial charge is 0.488 e. The molecule has 0 unspecified atom stereocenters. The molecular weight excluding hydrogens is 450 g/mol. The fraction of sp³-hybridized carbons (Fsp3) is 0.500. The lowest BCUT2D eigenvalue weighted by Gasteiger charge is -2.33. The lowest BCUT2D eigenvalue weighted by Crippen LogP contribution is -2.47. The first-order valence-corrected chi connectivity index (χ1v) is 12.9. The topological polar surface area (TPSA) is 99.2 Å². The molecule has 3 atom stereocenters. The molecule has 8 nitrogen and oxygen atoms in total. The number of nitrogens with one attached hydrogen (secondary N) is 1. The molecule has 0 radical (unpaired) electrons. The molecule has 10 heteroatoms. The zero-order valence-corrected chi connectivity index (χ0v) is 20.4. The number of aliphatic hydroxyl groups is 1. The van der Waals surface area contributed by atoms with Gasteiger partial charge in [0.15, 0.2) is 0 Å². The average molecular weight is 482 g/mol. The van der Waals surface area contributed by atoms with Crippen LogP contribution in [0.15, 0.2) is 39.9 Å². The van der Waals surface area contributed by atoms with Crippen LogP contribution >= 0.6 is 11.3 Å². The van der Waals surface area contributed by atoms with E-state index >= 15 is 0 Å². The van der Waals surface area contributed by atoms with Crippen LogP contribution in [-0.4, -0.2) is 75.2 Å². The standard InChI is InChI=1S/C22H31N3O5S2/c1-15-12-25(16(2)14-26)21(27)11-17-10-18(23-32(28,29)22-6-5-9-31-22)7-8-19(17)30-20(15)13-24(3)4/h5-10,15-16,20,23,26H,11-14H2,1-4H3/t15-,16-,20-/m0/s1. The minimum atomic E-state index is -3.70. The van der Waals surface area contributed by atoms with Crippen LogP contribution in [-0.2, 0) is 21.2 Å². The van der Waals surface area contributed by atoms with Crippen LogP contribution in [0.1, 0.15) is 19.4 Å². The number of hydrogen-bond acceptors (Lipinski definition) is 7. The van der Waals surface area contributed by atoms with E-state index in [9.17, 15) is 18.3 Å². The molecule has 0 bridgehead atoms. The van der Waals surface area contributed by atoms with E-state index in [1.165, 1.54) is 0 Å². The number of hydrogen-bond donors (Lipinski definition) is 2. The normalized spacial score (nSPS) is 20.7. The maximum absolute atomic E-state index is 13.2. The Labute approximate surface area is 193 Å². The van der Waals surface area contributed by atoms with Crippen LogP contribution in [0.3, 0.4) is 0 Å². The Morgan fingerprint density at radius 3 is 2.72 bits per heavy atom. The summed E-state index contributed by atoms with van der Waals surface area (Å²) < 4.78 is 34.4. The zero-order chi connectivity index (χ0) is 23.5. The van der Waals surface area contributed by atoms with Crippen molar-refractivity contribution in [3.63, 3.8) is 0 Å². The van der Waals surface area contributed by atoms with E-state index in [0.29, 0.717) is 30.1 Å². The maximum atomic E-state index is 13.2. The number of carbonyl (C=O) groups is 1. The molecule has 0 aliphatic carbocycles. The monoisotopic (exact) mass is 481 g/mol. The van der Waals surface area contributed by atoms with Crippen LogP contribution in [0.2, 0.25) is 0 Å². The first-order chi connectivity index (χ1) is 15.1. The Hall–Kier alpha value is -2.14. The third-order valence-corrected chi connectivity index (χ3v) is 8.25. The minimum Gasteiger partial charge on any atom is -0.488 e. The molecule has 3 rings (SSSR count). The number of likely N-dealkylation sites (N-methyl/N-ethyl adjacent to an activating group) is 1. The second kappa shape index (κ2) is 10.2. The summed E-state index contributed by atoms with van der Waals surface area (Å²) >= 11 is 1.14. The number of sulfonamides is 1. The van der Waals surface area contributed by atoms with Gasteiger partial charge in [0.05, 0.1) is 19.1 Å². The molecule has 1 aliphatic heterocycles. The average Bonchev–Trinajstić information content (AvgIpc) is 3.28. The fourth-order valence-corrected chi connectivity index (χ4v) is 5.74. The van der Waals surface area contributed by atoms with Crippen LogP contribution in [0.5, 0.6) is 5.75 Å². The van der Waals surface area contributed by atoms with Gasteiger partial charge < -0.3 is 19.6 Å². The van der Waals surface area contributed by atoms with Crippen LogP contribution < -0.4 is 9.46 Å². The van der Waals surface area contributed by atoms with Gasteiger partial charge in [0.1, 0.15) is 16.1 Å². The predicted molar refractivity (Wildman–Crippen MR) is 126 cm³/mol. The Morgan fingerprint density at radius 1 is 1.34 bits per heavy atom. The minimum absolute atomic E-state index is 0.0262. The van der Waals surface area contributed by atoms with E-state index < -0.39 is 10.0 Å². The number of nitrogens with zero attached hydrogens (tertiary/aromatic N) is 2. The van der Waals surface area contributed by atoms with E-state index in [-0.39, 0.29) is 41.2 Å². The highest BCUT2D eigenvalue weighted by atomic mass is 32.2. The van der Waals surface area contributed by atoms with E-state index in [1.54, 1.807) is 40.6 Å². The van der Waals surface area contributed by atoms with Crippen molar-refractivity contribution in [3.8, 4) is 5.75 Å². The van der Waals surface area contributed by atoms with Gasteiger partial charge in [-0.3, -0.25) is 9.52 Å². The Morgan fingerprint density at radius 2 is 2.09 bits per heavy atom. The maximum Gasteiger partial charge on any atom is 0.271 e. The van der Waals surface area contributed by atoms with Gasteiger partial charge >= 0.3 is 0 Å². The first kappa shape index (κ1) is 24.5. The van der Waals surface area contributed by atoms with Crippen LogP contribution in [0.25, 0.3) is 0 Å². The van der Waals surface area contributed by atoms with E-state index in [0.717, 1.165) is 11.3 Å². The molecule has 1 aliphatic rings. The third-order valence-electron chi connectivity index (χ3n) is 5.47. The summed E-state index contributed by atoms with van der Waals surface area (Å²) in [5.74, 6) is 0.458. The molecular formula is C22H31N3O5S2. The van der Waals surface area contributed by atoms with Crippen molar-refractivity contribution in [3.05, 3.63) is 41.3 Å². The van der Waals surface area contributed by atoms with Crippen LogP contribution in [0, 0.1) is 5.92 Å². The summed E-state index contributed by atoms with van der Waals surface area (Å²) in [6.45, 7) is 4.84. The molecule has 0 saturated carbocycles. The predicted octanol–water partition coefficient (Wildman–Crippen LogP) is 2.26. The van der Waals surface area contributed by atoms with Gasteiger partial charge in [-0.1, -0.05) is 13.0 Å². The van der Waals surface area contributed by atoms with E-state index in [1.807, 2.05) is 32.8 Å². The highest BCUT2D eigenvalue weighted by Crippen LogP contribution is 2.30. The lowest BCUT2D eigenvalue weighted by molar-refractivity contribution is -0.134. The summed E-state index contributed by atoms with van der Waals surface area (Å²) in [7, 11) is 0.223. The van der Waals surface area contributed by atoms with Gasteiger partial charge in [-0.05, 0) is 50.7 Å². The number of aliphatic hydroxyl groups excluding tert-OH is 1. The quantitative estimate of drug-likeness (QED) is 0.629. The van der Waals surface area contributed by atoms with Crippen molar-refractivity contribution >= 4 is 33.0 Å². The molecule has 0 saturated heterocycles. The fourth-order valence-electron chi connectivity index (χ4n) is 3.69. The Kier molecular flexibility index (Phi) is 7.81. The molecule has 176 valence electrons. The van der Waals surface area contributed by atoms with Gasteiger partial charge in [-0.15, -0.1) is 11.3 Å². The summed E-state index contributed by atoms with van der Waals surface area (Å²) in [4.78, 5) is 16.9. The van der Waals surface area contributed by atoms with E-state index in [2.05, 4.69) is 4.72 Å². The van der Waals surface area contributed by atoms with Crippen molar-refractivity contribution in [2.24, 2.45) is 5.92 Å². The summed E-state index contributed by atoms with van der Waals surface area (Å²) in [6.07, 6.45) is -0.132. The molecule has 0 spiro atoms. The highest BCUT2D eigenvalue weighted by molar-refractivity contribution is 7.94. The SMILES string of the molecule is C[C@H]1CN([C@@H](C)CO)C(=O)Cc2cc(NS(=O)(=O)c3cccs3)ccc2O[C@H]1CN(C)C. The Balaban J connectivity index is 1.97. The number of anilines is 1. The molecule has 0 fully saturated rings. The molecule has 1 amide bonds. The van der Waals surface area contributed by atoms with Crippen molar-refractivity contribution in [1.29, 1.82) is 0 Å². The number of fused-ring (bicyclic) bond motifs is 1. The van der Waals surface area contributed by atoms with Crippen molar-refractivity contribution in [2.45, 2.75) is 36.6 Å². The second-order valence-electron chi connectivity index (χ2n) is 8.51. The van der Waals surface area contributed by atoms with Crippen LogP contribution in [0.4, 0.5) is 5.69 Å². The molecule has 1 aromatic carbocycles. The molecule has 2 N–H and O–H groups in total. The summed E-state index contributed by atoms with van der Waals surface area (Å²) in [5, 5.41) is 11.4. The van der Waals surface area contributed by atoms with Gasteiger partial charge in [0.2, 0.25) is 5.91 Å². The van der Waals surface area contributed by atoms with E-state index in [4.69, 9.17) is 4.74 Å². The van der Waals surface area contributed by atoms with Gasteiger partial charge in [-0.25, -0.2) is 8.42 Å².